The SMILES string of the molecule is CCC(C)C(N)C(=O)NC(C)COC1CCOC1.Cl. The van der Waals surface area contributed by atoms with Gasteiger partial charge in [0.1, 0.15) is 0 Å². The molecule has 4 unspecified atom stereocenters. The van der Waals surface area contributed by atoms with E-state index in [-0.39, 0.29) is 36.4 Å². The molecule has 1 rings (SSSR count). The molecule has 5 nitrogen and oxygen atoms in total. The van der Waals surface area contributed by atoms with Crippen LogP contribution >= 0.6 is 12.4 Å². The van der Waals surface area contributed by atoms with E-state index in [2.05, 4.69) is 5.32 Å². The fourth-order valence-corrected chi connectivity index (χ4v) is 1.82. The van der Waals surface area contributed by atoms with E-state index in [1.165, 1.54) is 0 Å². The van der Waals surface area contributed by atoms with Crippen molar-refractivity contribution in [2.45, 2.75) is 51.8 Å². The first-order chi connectivity index (χ1) is 8.54. The van der Waals surface area contributed by atoms with Gasteiger partial charge in [-0.25, -0.2) is 0 Å². The zero-order chi connectivity index (χ0) is 13.5. The van der Waals surface area contributed by atoms with E-state index < -0.39 is 6.04 Å². The highest BCUT2D eigenvalue weighted by molar-refractivity contribution is 5.85. The summed E-state index contributed by atoms with van der Waals surface area (Å²) >= 11 is 0. The van der Waals surface area contributed by atoms with Gasteiger partial charge in [0.15, 0.2) is 0 Å². The summed E-state index contributed by atoms with van der Waals surface area (Å²) in [6.07, 6.45) is 2.01. The molecule has 6 heteroatoms. The predicted molar refractivity (Wildman–Crippen MR) is 77.5 cm³/mol. The lowest BCUT2D eigenvalue weighted by Crippen LogP contribution is -2.48. The minimum atomic E-state index is -0.438. The van der Waals surface area contributed by atoms with Crippen LogP contribution in [0.5, 0.6) is 0 Å². The van der Waals surface area contributed by atoms with Gasteiger partial charge in [0.05, 0.1) is 25.4 Å². The number of hydrogen-bond acceptors (Lipinski definition) is 4. The Morgan fingerprint density at radius 2 is 2.21 bits per heavy atom. The zero-order valence-corrected chi connectivity index (χ0v) is 12.9. The Morgan fingerprint density at radius 3 is 2.74 bits per heavy atom. The Labute approximate surface area is 122 Å². The van der Waals surface area contributed by atoms with Crippen molar-refractivity contribution < 1.29 is 14.3 Å². The standard InChI is InChI=1S/C13H26N2O3.ClH/c1-4-9(2)12(14)13(16)15-10(3)7-18-11-5-6-17-8-11;/h9-12H,4-8,14H2,1-3H3,(H,15,16);1H. The van der Waals surface area contributed by atoms with Crippen LogP contribution in [0.15, 0.2) is 0 Å². The number of carbonyl (C=O) groups is 1. The molecule has 0 aliphatic carbocycles. The molecule has 0 saturated carbocycles. The first-order valence-electron chi connectivity index (χ1n) is 6.79. The fraction of sp³-hybridized carbons (Fsp3) is 0.923. The number of hydrogen-bond donors (Lipinski definition) is 2. The number of halogens is 1. The Hall–Kier alpha value is -0.360. The van der Waals surface area contributed by atoms with Crippen LogP contribution in [0.3, 0.4) is 0 Å². The lowest BCUT2D eigenvalue weighted by Gasteiger charge is -2.22. The molecular formula is C13H27ClN2O3. The fourth-order valence-electron chi connectivity index (χ4n) is 1.82. The Kier molecular flexibility index (Phi) is 9.35. The van der Waals surface area contributed by atoms with Gasteiger partial charge in [0, 0.05) is 12.6 Å². The first-order valence-corrected chi connectivity index (χ1v) is 6.79. The van der Waals surface area contributed by atoms with E-state index in [1.54, 1.807) is 0 Å². The van der Waals surface area contributed by atoms with Gasteiger partial charge in [0.25, 0.3) is 0 Å². The number of nitrogens with one attached hydrogen (secondary N) is 1. The summed E-state index contributed by atoms with van der Waals surface area (Å²) in [6, 6.07) is -0.458. The molecule has 1 fully saturated rings. The van der Waals surface area contributed by atoms with Crippen LogP contribution in [0.1, 0.15) is 33.6 Å². The van der Waals surface area contributed by atoms with Gasteiger partial charge in [-0.2, -0.15) is 0 Å². The lowest BCUT2D eigenvalue weighted by molar-refractivity contribution is -0.124. The summed E-state index contributed by atoms with van der Waals surface area (Å²) in [4.78, 5) is 11.8. The van der Waals surface area contributed by atoms with Crippen LogP contribution in [0.25, 0.3) is 0 Å². The molecule has 19 heavy (non-hydrogen) atoms. The molecule has 114 valence electrons. The molecule has 0 bridgehead atoms. The minimum absolute atomic E-state index is 0. The van der Waals surface area contributed by atoms with E-state index in [4.69, 9.17) is 15.2 Å². The highest BCUT2D eigenvalue weighted by Gasteiger charge is 2.22. The van der Waals surface area contributed by atoms with Crippen molar-refractivity contribution in [1.29, 1.82) is 0 Å². The molecule has 4 atom stereocenters. The quantitative estimate of drug-likeness (QED) is 0.737. The van der Waals surface area contributed by atoms with Gasteiger partial charge >= 0.3 is 0 Å². The summed E-state index contributed by atoms with van der Waals surface area (Å²) < 4.78 is 10.9. The molecule has 0 spiro atoms. The van der Waals surface area contributed by atoms with Gasteiger partial charge in [-0.3, -0.25) is 4.79 Å². The maximum atomic E-state index is 11.8. The van der Waals surface area contributed by atoms with Crippen molar-refractivity contribution in [3.8, 4) is 0 Å². The first kappa shape index (κ1) is 18.6. The van der Waals surface area contributed by atoms with Crippen LogP contribution in [0.2, 0.25) is 0 Å². The van der Waals surface area contributed by atoms with Gasteiger partial charge < -0.3 is 20.5 Å². The largest absolute Gasteiger partial charge is 0.379 e. The van der Waals surface area contributed by atoms with Gasteiger partial charge in [-0.05, 0) is 19.3 Å². The average Bonchev–Trinajstić information content (AvgIpc) is 2.87. The molecule has 1 heterocycles. The number of amides is 1. The van der Waals surface area contributed by atoms with Crippen molar-refractivity contribution in [2.24, 2.45) is 11.7 Å². The highest BCUT2D eigenvalue weighted by Crippen LogP contribution is 2.09. The molecule has 0 radical (unpaired) electrons. The Bertz CT molecular complexity index is 260. The van der Waals surface area contributed by atoms with Crippen LogP contribution in [0.4, 0.5) is 0 Å². The molecule has 1 aliphatic heterocycles. The van der Waals surface area contributed by atoms with E-state index in [0.717, 1.165) is 19.4 Å². The maximum Gasteiger partial charge on any atom is 0.237 e. The third-order valence-corrected chi connectivity index (χ3v) is 3.42. The Balaban J connectivity index is 0.00000324. The molecule has 0 aromatic heterocycles. The van der Waals surface area contributed by atoms with Crippen LogP contribution in [-0.4, -0.2) is 43.9 Å². The van der Waals surface area contributed by atoms with Crippen molar-refractivity contribution >= 4 is 18.3 Å². The highest BCUT2D eigenvalue weighted by atomic mass is 35.5. The average molecular weight is 295 g/mol. The summed E-state index contributed by atoms with van der Waals surface area (Å²) in [6.45, 7) is 7.88. The van der Waals surface area contributed by atoms with Gasteiger partial charge in [-0.1, -0.05) is 20.3 Å². The second kappa shape index (κ2) is 9.53. The van der Waals surface area contributed by atoms with E-state index in [0.29, 0.717) is 13.2 Å². The summed E-state index contributed by atoms with van der Waals surface area (Å²) in [5.41, 5.74) is 5.86. The second-order valence-electron chi connectivity index (χ2n) is 5.14. The summed E-state index contributed by atoms with van der Waals surface area (Å²) in [7, 11) is 0. The molecule has 1 saturated heterocycles. The normalized spacial score (nSPS) is 23.3. The van der Waals surface area contributed by atoms with Crippen LogP contribution < -0.4 is 11.1 Å². The smallest absolute Gasteiger partial charge is 0.237 e. The number of nitrogens with two attached hydrogens (primary N) is 1. The number of carbonyl (C=O) groups excluding carboxylic acids is 1. The van der Waals surface area contributed by atoms with E-state index in [1.807, 2.05) is 20.8 Å². The molecule has 1 amide bonds. The predicted octanol–water partition coefficient (Wildman–Crippen LogP) is 1.09. The minimum Gasteiger partial charge on any atom is -0.379 e. The van der Waals surface area contributed by atoms with Crippen molar-refractivity contribution in [3.63, 3.8) is 0 Å². The second-order valence-corrected chi connectivity index (χ2v) is 5.14. The zero-order valence-electron chi connectivity index (χ0n) is 12.1. The van der Waals surface area contributed by atoms with Crippen LogP contribution in [0, 0.1) is 5.92 Å². The number of rotatable bonds is 7. The van der Waals surface area contributed by atoms with Crippen molar-refractivity contribution in [1.82, 2.24) is 5.32 Å². The van der Waals surface area contributed by atoms with E-state index >= 15 is 0 Å². The lowest BCUT2D eigenvalue weighted by atomic mass is 9.99. The molecule has 1 aliphatic rings. The van der Waals surface area contributed by atoms with E-state index in [9.17, 15) is 4.79 Å². The van der Waals surface area contributed by atoms with Crippen molar-refractivity contribution in [2.75, 3.05) is 19.8 Å². The Morgan fingerprint density at radius 1 is 1.53 bits per heavy atom. The molecule has 0 aromatic carbocycles. The third-order valence-electron chi connectivity index (χ3n) is 3.42. The molecular weight excluding hydrogens is 268 g/mol. The maximum absolute atomic E-state index is 11.8. The third kappa shape index (κ3) is 6.56. The molecule has 0 aromatic rings. The monoisotopic (exact) mass is 294 g/mol. The summed E-state index contributed by atoms with van der Waals surface area (Å²) in [5.74, 6) is 0.101. The summed E-state index contributed by atoms with van der Waals surface area (Å²) in [5, 5.41) is 2.89. The van der Waals surface area contributed by atoms with Crippen LogP contribution in [-0.2, 0) is 14.3 Å². The van der Waals surface area contributed by atoms with Gasteiger partial charge in [0.2, 0.25) is 5.91 Å². The number of ether oxygens (including phenoxy) is 2. The van der Waals surface area contributed by atoms with Gasteiger partial charge in [-0.15, -0.1) is 12.4 Å². The topological polar surface area (TPSA) is 73.6 Å². The molecule has 3 N–H and O–H groups in total. The van der Waals surface area contributed by atoms with Crippen molar-refractivity contribution in [3.05, 3.63) is 0 Å².